The number of likely N-dealkylation sites (N-methyl/N-ethyl adjacent to an activating group) is 1. The zero-order chi connectivity index (χ0) is 40.2. The SMILES string of the molecule is C[C@H](O)[C@@H]1[C@H](CO)ON(Cc2cccc(-c3cc(C(=O)N[C@@H](Cc4cccc(N)c4)CN(C)C)cc(N(C)C)c3)c2)[C@@H]1C(=O)NC[C@@H](C)[C@H]1C[C@@H](C)C1(C)C. The van der Waals surface area contributed by atoms with E-state index >= 15 is 0 Å². The Bertz CT molecular complexity index is 1780. The van der Waals surface area contributed by atoms with Crippen molar-refractivity contribution >= 4 is 23.2 Å². The van der Waals surface area contributed by atoms with Crippen LogP contribution in [0.5, 0.6) is 0 Å². The normalized spacial score (nSPS) is 23.8. The van der Waals surface area contributed by atoms with Crippen LogP contribution in [0.2, 0.25) is 0 Å². The molecule has 1 heterocycles. The van der Waals surface area contributed by atoms with E-state index in [1.54, 1.807) is 12.0 Å². The van der Waals surface area contributed by atoms with Crippen LogP contribution < -0.4 is 21.3 Å². The average Bonchev–Trinajstić information content (AvgIpc) is 3.50. The molecule has 0 spiro atoms. The van der Waals surface area contributed by atoms with E-state index < -0.39 is 24.2 Å². The number of hydrogen-bond acceptors (Lipinski definition) is 9. The van der Waals surface area contributed by atoms with Crippen molar-refractivity contribution in [1.82, 2.24) is 20.6 Å². The van der Waals surface area contributed by atoms with Crippen LogP contribution in [0, 0.1) is 29.1 Å². The third-order valence-corrected chi connectivity index (χ3v) is 12.1. The molecule has 8 atom stereocenters. The zero-order valence-electron chi connectivity index (χ0n) is 34.3. The molecule has 6 N–H and O–H groups in total. The molecule has 0 aromatic heterocycles. The van der Waals surface area contributed by atoms with E-state index in [4.69, 9.17) is 10.6 Å². The summed E-state index contributed by atoms with van der Waals surface area (Å²) in [6.45, 7) is 11.9. The van der Waals surface area contributed by atoms with Gasteiger partial charge in [0, 0.05) is 56.1 Å². The van der Waals surface area contributed by atoms with Crippen LogP contribution >= 0.6 is 0 Å². The molecular weight excluding hydrogens is 693 g/mol. The van der Waals surface area contributed by atoms with Gasteiger partial charge < -0.3 is 36.4 Å². The number of anilines is 2. The van der Waals surface area contributed by atoms with Crippen molar-refractivity contribution in [1.29, 1.82) is 0 Å². The minimum Gasteiger partial charge on any atom is -0.399 e. The zero-order valence-corrected chi connectivity index (χ0v) is 34.3. The first-order valence-corrected chi connectivity index (χ1v) is 19.7. The summed E-state index contributed by atoms with van der Waals surface area (Å²) in [5, 5.41) is 29.2. The van der Waals surface area contributed by atoms with Crippen LogP contribution in [0.4, 0.5) is 11.4 Å². The van der Waals surface area contributed by atoms with E-state index in [0.29, 0.717) is 48.5 Å². The van der Waals surface area contributed by atoms with E-state index in [1.807, 2.05) is 93.8 Å². The summed E-state index contributed by atoms with van der Waals surface area (Å²) in [7, 11) is 7.88. The van der Waals surface area contributed by atoms with Gasteiger partial charge in [-0.15, -0.1) is 0 Å². The number of nitrogen functional groups attached to an aromatic ring is 1. The van der Waals surface area contributed by atoms with Gasteiger partial charge in [0.2, 0.25) is 5.91 Å². The van der Waals surface area contributed by atoms with Crippen molar-refractivity contribution in [2.45, 2.75) is 78.3 Å². The Morgan fingerprint density at radius 1 is 1.00 bits per heavy atom. The Hall–Kier alpha value is -4.00. The molecule has 2 aliphatic rings. The first-order valence-electron chi connectivity index (χ1n) is 19.7. The molecule has 2 amide bonds. The van der Waals surface area contributed by atoms with Crippen molar-refractivity contribution in [3.05, 3.63) is 83.4 Å². The molecule has 3 aromatic rings. The van der Waals surface area contributed by atoms with Gasteiger partial charge in [0.15, 0.2) is 0 Å². The topological polar surface area (TPSA) is 144 Å². The highest BCUT2D eigenvalue weighted by atomic mass is 16.7. The Morgan fingerprint density at radius 2 is 1.71 bits per heavy atom. The van der Waals surface area contributed by atoms with Gasteiger partial charge in [0.05, 0.1) is 19.3 Å². The number of nitrogens with zero attached hydrogens (tertiary/aromatic N) is 3. The number of carbonyl (C=O) groups excluding carboxylic acids is 2. The maximum atomic E-state index is 13.9. The van der Waals surface area contributed by atoms with Gasteiger partial charge in [-0.2, -0.15) is 5.06 Å². The van der Waals surface area contributed by atoms with E-state index in [-0.39, 0.29) is 36.4 Å². The van der Waals surface area contributed by atoms with Crippen molar-refractivity contribution < 1.29 is 24.6 Å². The minimum absolute atomic E-state index is 0.144. The number of aliphatic hydroxyl groups is 2. The first kappa shape index (κ1) is 42.1. The van der Waals surface area contributed by atoms with E-state index in [2.05, 4.69) is 49.3 Å². The number of hydroxylamine groups is 2. The van der Waals surface area contributed by atoms with Gasteiger partial charge >= 0.3 is 0 Å². The Balaban J connectivity index is 1.36. The lowest BCUT2D eigenvalue weighted by Crippen LogP contribution is -2.52. The van der Waals surface area contributed by atoms with Gasteiger partial charge in [0.1, 0.15) is 12.1 Å². The second-order valence-corrected chi connectivity index (χ2v) is 17.2. The summed E-state index contributed by atoms with van der Waals surface area (Å²) >= 11 is 0. The van der Waals surface area contributed by atoms with E-state index in [1.165, 1.54) is 0 Å². The number of rotatable bonds is 16. The molecule has 11 nitrogen and oxygen atoms in total. The molecule has 55 heavy (non-hydrogen) atoms. The summed E-state index contributed by atoms with van der Waals surface area (Å²) in [5.74, 6) is 0.471. The number of nitrogens with one attached hydrogen (secondary N) is 2. The van der Waals surface area contributed by atoms with Gasteiger partial charge in [-0.05, 0) is 116 Å². The molecule has 0 unspecified atom stereocenters. The van der Waals surface area contributed by atoms with Crippen molar-refractivity contribution in [3.8, 4) is 11.1 Å². The Labute approximate surface area is 328 Å². The van der Waals surface area contributed by atoms with Crippen LogP contribution in [0.3, 0.4) is 0 Å². The summed E-state index contributed by atoms with van der Waals surface area (Å²) in [5.41, 5.74) is 12.1. The van der Waals surface area contributed by atoms with Crippen LogP contribution in [-0.4, -0.2) is 104 Å². The monoisotopic (exact) mass is 756 g/mol. The molecule has 1 saturated heterocycles. The molecule has 1 aliphatic heterocycles. The summed E-state index contributed by atoms with van der Waals surface area (Å²) in [6.07, 6.45) is 0.178. The largest absolute Gasteiger partial charge is 0.399 e. The lowest BCUT2D eigenvalue weighted by molar-refractivity contribution is -0.182. The number of nitrogens with two attached hydrogens (primary N) is 1. The Kier molecular flexibility index (Phi) is 13.7. The number of carbonyl (C=O) groups is 2. The number of aliphatic hydroxyl groups excluding tert-OH is 2. The maximum absolute atomic E-state index is 13.9. The van der Waals surface area contributed by atoms with Gasteiger partial charge in [0.25, 0.3) is 5.91 Å². The highest BCUT2D eigenvalue weighted by Crippen LogP contribution is 2.54. The van der Waals surface area contributed by atoms with Crippen molar-refractivity contribution in [3.63, 3.8) is 0 Å². The molecule has 2 fully saturated rings. The molecule has 5 rings (SSSR count). The fraction of sp³-hybridized carbons (Fsp3) is 0.545. The minimum atomic E-state index is -0.880. The van der Waals surface area contributed by atoms with Crippen LogP contribution in [0.25, 0.3) is 11.1 Å². The standard InChI is InChI=1S/C44H64N6O5/c1-27(38-16-28(2)44(38,4)5)23-46-43(54)41-40(29(3)52)39(26-51)55-50(41)24-31-13-10-14-32(17-31)33-20-34(22-37(21-33)49(8)9)42(53)47-36(25-48(6)7)19-30-12-11-15-35(45)18-30/h10-15,17-18,20-22,27-29,36,38-41,51-52H,16,19,23-26,45H2,1-9H3,(H,46,54)(H,47,53)/t27-,28-,29+,36+,38-,39+,40-,41+/m1/s1. The predicted octanol–water partition coefficient (Wildman–Crippen LogP) is 4.81. The molecular formula is C44H64N6O5. The van der Waals surface area contributed by atoms with Gasteiger partial charge in [-0.1, -0.05) is 58.0 Å². The number of amides is 2. The van der Waals surface area contributed by atoms with E-state index in [9.17, 15) is 19.8 Å². The van der Waals surface area contributed by atoms with Gasteiger partial charge in [-0.25, -0.2) is 0 Å². The smallest absolute Gasteiger partial charge is 0.251 e. The molecule has 0 radical (unpaired) electrons. The number of benzene rings is 3. The molecule has 3 aromatic carbocycles. The summed E-state index contributed by atoms with van der Waals surface area (Å²) < 4.78 is 0. The fourth-order valence-corrected chi connectivity index (χ4v) is 8.61. The lowest BCUT2D eigenvalue weighted by Gasteiger charge is -2.53. The van der Waals surface area contributed by atoms with Crippen LogP contribution in [0.1, 0.15) is 62.5 Å². The van der Waals surface area contributed by atoms with Crippen LogP contribution in [0.15, 0.2) is 66.7 Å². The third kappa shape index (κ3) is 10.1. The second kappa shape index (κ2) is 17.9. The van der Waals surface area contributed by atoms with Gasteiger partial charge in [-0.3, -0.25) is 14.4 Å². The first-order chi connectivity index (χ1) is 26.0. The second-order valence-electron chi connectivity index (χ2n) is 17.2. The average molecular weight is 757 g/mol. The summed E-state index contributed by atoms with van der Waals surface area (Å²) in [6, 6.07) is 20.6. The lowest BCUT2D eigenvalue weighted by atomic mass is 9.52. The maximum Gasteiger partial charge on any atom is 0.251 e. The third-order valence-electron chi connectivity index (χ3n) is 12.1. The molecule has 1 aliphatic carbocycles. The summed E-state index contributed by atoms with van der Waals surface area (Å²) in [4.78, 5) is 38.1. The highest BCUT2D eigenvalue weighted by molar-refractivity contribution is 5.97. The predicted molar refractivity (Wildman–Crippen MR) is 220 cm³/mol. The molecule has 300 valence electrons. The Morgan fingerprint density at radius 3 is 2.33 bits per heavy atom. The van der Waals surface area contributed by atoms with Crippen LogP contribution in [-0.2, 0) is 22.6 Å². The number of hydrogen-bond donors (Lipinski definition) is 5. The quantitative estimate of drug-likeness (QED) is 0.130. The van der Waals surface area contributed by atoms with E-state index in [0.717, 1.165) is 34.4 Å². The highest BCUT2D eigenvalue weighted by Gasteiger charge is 2.50. The fourth-order valence-electron chi connectivity index (χ4n) is 8.61. The molecule has 1 saturated carbocycles. The molecule has 0 bridgehead atoms. The van der Waals surface area contributed by atoms with Crippen molar-refractivity contribution in [2.75, 3.05) is 58.5 Å². The molecule has 11 heteroatoms. The van der Waals surface area contributed by atoms with Crippen molar-refractivity contribution in [2.24, 2.45) is 29.1 Å².